The van der Waals surface area contributed by atoms with Crippen molar-refractivity contribution in [1.82, 2.24) is 9.88 Å². The lowest BCUT2D eigenvalue weighted by Crippen LogP contribution is -2.47. The lowest BCUT2D eigenvalue weighted by atomic mass is 9.71. The van der Waals surface area contributed by atoms with Crippen molar-refractivity contribution in [1.29, 1.82) is 5.26 Å². The molecule has 5 rings (SSSR count). The molecule has 0 saturated carbocycles. The second-order valence-electron chi connectivity index (χ2n) is 9.66. The molecular weight excluding hydrogens is 469 g/mol. The largest absolute Gasteiger partial charge is 0.417 e. The summed E-state index contributed by atoms with van der Waals surface area (Å²) in [5.41, 5.74) is 0.144. The lowest BCUT2D eigenvalue weighted by Gasteiger charge is -2.42. The van der Waals surface area contributed by atoms with E-state index in [-0.39, 0.29) is 23.8 Å². The zero-order valence-electron chi connectivity index (χ0n) is 19.5. The van der Waals surface area contributed by atoms with Crippen LogP contribution in [0.2, 0.25) is 0 Å². The van der Waals surface area contributed by atoms with Gasteiger partial charge in [0, 0.05) is 61.5 Å². The Morgan fingerprint density at radius 3 is 2.64 bits per heavy atom. The van der Waals surface area contributed by atoms with Crippen molar-refractivity contribution < 1.29 is 23.1 Å². The number of carbonyl (C=O) groups is 1. The Balaban J connectivity index is 1.32. The number of nitrogens with zero attached hydrogens (tertiary/aromatic N) is 4. The van der Waals surface area contributed by atoms with Gasteiger partial charge >= 0.3 is 6.18 Å². The maximum absolute atomic E-state index is 13.5. The third kappa shape index (κ3) is 4.26. The number of fused-ring (bicyclic) bond motifs is 1. The Morgan fingerprint density at radius 2 is 1.94 bits per heavy atom. The van der Waals surface area contributed by atoms with Crippen LogP contribution in [0.3, 0.4) is 0 Å². The molecule has 36 heavy (non-hydrogen) atoms. The molecule has 2 fully saturated rings. The molecule has 9 heteroatoms. The van der Waals surface area contributed by atoms with E-state index in [1.807, 2.05) is 34.1 Å². The van der Waals surface area contributed by atoms with E-state index < -0.39 is 17.3 Å². The number of alkyl halides is 3. The van der Waals surface area contributed by atoms with Gasteiger partial charge in [0.1, 0.15) is 0 Å². The molecule has 0 bridgehead atoms. The number of likely N-dealkylation sites (tertiary alicyclic amines) is 1. The molecule has 3 aromatic rings. The average Bonchev–Trinajstić information content (AvgIpc) is 3.25. The number of aromatic nitrogens is 1. The molecule has 1 unspecified atom stereocenters. The zero-order chi connectivity index (χ0) is 25.5. The Morgan fingerprint density at radius 1 is 1.17 bits per heavy atom. The summed E-state index contributed by atoms with van der Waals surface area (Å²) in [4.78, 5) is 21.2. The normalized spacial score (nSPS) is 19.6. The van der Waals surface area contributed by atoms with E-state index >= 15 is 0 Å². The summed E-state index contributed by atoms with van der Waals surface area (Å²) in [5.74, 6) is -0.181. The maximum atomic E-state index is 13.5. The van der Waals surface area contributed by atoms with Gasteiger partial charge in [-0.2, -0.15) is 18.4 Å². The Hall–Kier alpha value is -3.64. The first kappa shape index (κ1) is 24.1. The number of nitriles is 1. The number of hydrogen-bond acceptors (Lipinski definition) is 5. The van der Waals surface area contributed by atoms with Crippen LogP contribution in [0, 0.1) is 22.7 Å². The predicted octanol–water partition coefficient (Wildman–Crippen LogP) is 4.48. The Kier molecular flexibility index (Phi) is 6.08. The minimum atomic E-state index is -4.63. The molecule has 1 spiro atoms. The minimum absolute atomic E-state index is 0.0621. The van der Waals surface area contributed by atoms with E-state index in [4.69, 9.17) is 5.26 Å². The first-order chi connectivity index (χ1) is 17.2. The van der Waals surface area contributed by atoms with Gasteiger partial charge in [0.15, 0.2) is 0 Å². The molecule has 6 nitrogen and oxygen atoms in total. The van der Waals surface area contributed by atoms with Gasteiger partial charge in [-0.1, -0.05) is 6.07 Å². The van der Waals surface area contributed by atoms with Gasteiger partial charge in [0.05, 0.1) is 22.7 Å². The van der Waals surface area contributed by atoms with Gasteiger partial charge in [-0.25, -0.2) is 0 Å². The fraction of sp³-hybridized carbons (Fsp3) is 0.370. The van der Waals surface area contributed by atoms with E-state index in [1.165, 1.54) is 12.1 Å². The molecule has 0 aliphatic carbocycles. The Bertz CT molecular complexity index is 1340. The van der Waals surface area contributed by atoms with Crippen LogP contribution >= 0.6 is 0 Å². The topological polar surface area (TPSA) is 80.5 Å². The van der Waals surface area contributed by atoms with Crippen LogP contribution < -0.4 is 4.90 Å². The molecule has 2 aliphatic heterocycles. The van der Waals surface area contributed by atoms with E-state index in [9.17, 15) is 23.1 Å². The summed E-state index contributed by atoms with van der Waals surface area (Å²) in [5, 5.41) is 20.1. The van der Waals surface area contributed by atoms with E-state index in [2.05, 4.69) is 4.98 Å². The number of aliphatic hydroxyl groups excluding tert-OH is 1. The minimum Gasteiger partial charge on any atom is -0.396 e. The van der Waals surface area contributed by atoms with Crippen molar-refractivity contribution in [2.45, 2.75) is 19.0 Å². The summed E-state index contributed by atoms with van der Waals surface area (Å²) in [6.07, 6.45) is -1.62. The van der Waals surface area contributed by atoms with E-state index in [0.717, 1.165) is 17.0 Å². The molecule has 0 radical (unpaired) electrons. The first-order valence-electron chi connectivity index (χ1n) is 11.9. The fourth-order valence-electron chi connectivity index (χ4n) is 5.66. The van der Waals surface area contributed by atoms with E-state index in [1.54, 1.807) is 18.3 Å². The highest BCUT2D eigenvalue weighted by Crippen LogP contribution is 2.46. The van der Waals surface area contributed by atoms with Crippen LogP contribution in [0.5, 0.6) is 0 Å². The number of piperidine rings is 1. The summed E-state index contributed by atoms with van der Waals surface area (Å²) >= 11 is 0. The smallest absolute Gasteiger partial charge is 0.396 e. The van der Waals surface area contributed by atoms with Crippen molar-refractivity contribution >= 4 is 22.5 Å². The monoisotopic (exact) mass is 494 g/mol. The van der Waals surface area contributed by atoms with Crippen LogP contribution in [0.25, 0.3) is 10.9 Å². The highest BCUT2D eigenvalue weighted by molar-refractivity contribution is 5.98. The summed E-state index contributed by atoms with van der Waals surface area (Å²) in [6.45, 7) is 1.85. The molecule has 3 heterocycles. The molecule has 1 amide bonds. The molecule has 186 valence electrons. The summed E-state index contributed by atoms with van der Waals surface area (Å²) < 4.78 is 40.5. The molecule has 2 aromatic carbocycles. The van der Waals surface area contributed by atoms with Gasteiger partial charge in [-0.3, -0.25) is 9.78 Å². The van der Waals surface area contributed by atoms with Crippen molar-refractivity contribution in [3.8, 4) is 6.07 Å². The zero-order valence-corrected chi connectivity index (χ0v) is 19.5. The number of anilines is 1. The number of carbonyl (C=O) groups excluding carboxylic acids is 1. The van der Waals surface area contributed by atoms with Gasteiger partial charge in [0.2, 0.25) is 0 Å². The van der Waals surface area contributed by atoms with Crippen LogP contribution in [0.1, 0.15) is 34.3 Å². The number of rotatable bonds is 3. The van der Waals surface area contributed by atoms with Crippen LogP contribution in [-0.2, 0) is 6.18 Å². The predicted molar refractivity (Wildman–Crippen MR) is 128 cm³/mol. The lowest BCUT2D eigenvalue weighted by molar-refractivity contribution is -0.137. The fourth-order valence-corrected chi connectivity index (χ4v) is 5.66. The van der Waals surface area contributed by atoms with Gasteiger partial charge in [-0.15, -0.1) is 0 Å². The number of halogens is 3. The number of aliphatic hydroxyl groups is 1. The molecule has 1 aromatic heterocycles. The quantitative estimate of drug-likeness (QED) is 0.581. The molecule has 1 atom stereocenters. The molecular formula is C27H25F3N4O2. The highest BCUT2D eigenvalue weighted by atomic mass is 19.4. The van der Waals surface area contributed by atoms with Crippen molar-refractivity contribution in [3.63, 3.8) is 0 Å². The number of amides is 1. The van der Waals surface area contributed by atoms with Crippen molar-refractivity contribution in [2.24, 2.45) is 11.3 Å². The van der Waals surface area contributed by atoms with Crippen molar-refractivity contribution in [2.75, 3.05) is 37.7 Å². The number of pyridine rings is 1. The third-order valence-corrected chi connectivity index (χ3v) is 7.72. The van der Waals surface area contributed by atoms with Gasteiger partial charge in [-0.05, 0) is 60.7 Å². The Labute approximate surface area is 206 Å². The van der Waals surface area contributed by atoms with Crippen LogP contribution in [0.4, 0.5) is 18.9 Å². The van der Waals surface area contributed by atoms with Crippen LogP contribution in [0.15, 0.2) is 54.7 Å². The SMILES string of the molecule is N#Cc1ccc(N2CC(CO)C3(CCN(C(=O)c4ccc5ncccc5c4)CC3)C2)cc1C(F)(F)F. The maximum Gasteiger partial charge on any atom is 0.417 e. The molecule has 2 aliphatic rings. The second-order valence-corrected chi connectivity index (χ2v) is 9.66. The second kappa shape index (κ2) is 9.10. The standard InChI is InChI=1S/C27H25F3N4O2/c28-27(29,30)23-13-22(5-3-20(23)14-31)34-15-21(16-35)26(17-34)7-10-33(11-8-26)25(36)19-4-6-24-18(12-19)2-1-9-32-24/h1-6,9,12-13,21,35H,7-8,10-11,15-17H2. The van der Waals surface area contributed by atoms with Gasteiger partial charge < -0.3 is 14.9 Å². The number of benzene rings is 2. The summed E-state index contributed by atoms with van der Waals surface area (Å²) in [6, 6.07) is 14.6. The highest BCUT2D eigenvalue weighted by Gasteiger charge is 2.48. The third-order valence-electron chi connectivity index (χ3n) is 7.72. The van der Waals surface area contributed by atoms with Gasteiger partial charge in [0.25, 0.3) is 5.91 Å². The number of hydrogen-bond donors (Lipinski definition) is 1. The van der Waals surface area contributed by atoms with E-state index in [0.29, 0.717) is 50.3 Å². The molecule has 2 saturated heterocycles. The molecule has 1 N–H and O–H groups in total. The average molecular weight is 495 g/mol. The first-order valence-corrected chi connectivity index (χ1v) is 11.9. The van der Waals surface area contributed by atoms with Crippen LogP contribution in [-0.4, -0.2) is 53.7 Å². The summed E-state index contributed by atoms with van der Waals surface area (Å²) in [7, 11) is 0. The van der Waals surface area contributed by atoms with Crippen molar-refractivity contribution in [3.05, 3.63) is 71.4 Å².